The van der Waals surface area contributed by atoms with Gasteiger partial charge in [0.05, 0.1) is 11.8 Å². The predicted octanol–water partition coefficient (Wildman–Crippen LogP) is 3.15. The Labute approximate surface area is 212 Å². The molecule has 3 amide bonds. The number of amides is 3. The van der Waals surface area contributed by atoms with Crippen molar-refractivity contribution in [1.82, 2.24) is 15.2 Å². The van der Waals surface area contributed by atoms with E-state index in [2.05, 4.69) is 15.6 Å². The van der Waals surface area contributed by atoms with Crippen LogP contribution in [-0.4, -0.2) is 58.3 Å². The molecular formula is C27H38N4O5. The van der Waals surface area contributed by atoms with Crippen molar-refractivity contribution >= 4 is 29.5 Å². The molecule has 3 aliphatic rings. The fraction of sp³-hybridized carbons (Fsp3) is 0.667. The molecule has 2 N–H and O–H groups in total. The Bertz CT molecular complexity index is 988. The van der Waals surface area contributed by atoms with E-state index in [1.54, 1.807) is 6.20 Å². The molecule has 0 aromatic carbocycles. The highest BCUT2D eigenvalue weighted by Gasteiger charge is 2.35. The van der Waals surface area contributed by atoms with Crippen molar-refractivity contribution < 1.29 is 23.9 Å². The lowest BCUT2D eigenvalue weighted by molar-refractivity contribution is -0.162. The zero-order valence-electron chi connectivity index (χ0n) is 21.5. The summed E-state index contributed by atoms with van der Waals surface area (Å²) < 4.78 is 5.51. The molecule has 2 saturated heterocycles. The van der Waals surface area contributed by atoms with Gasteiger partial charge in [-0.05, 0) is 83.4 Å². The van der Waals surface area contributed by atoms with Crippen LogP contribution in [0.15, 0.2) is 18.3 Å². The maximum atomic E-state index is 13.1. The van der Waals surface area contributed by atoms with Crippen molar-refractivity contribution in [2.45, 2.75) is 89.7 Å². The molecule has 2 aliphatic heterocycles. The summed E-state index contributed by atoms with van der Waals surface area (Å²) in [6.07, 6.45) is 7.24. The third kappa shape index (κ3) is 6.62. The van der Waals surface area contributed by atoms with Gasteiger partial charge in [-0.2, -0.15) is 0 Å². The number of hydrogen-bond donors (Lipinski definition) is 2. The number of hydrogen-bond acceptors (Lipinski definition) is 7. The van der Waals surface area contributed by atoms with Gasteiger partial charge in [-0.15, -0.1) is 0 Å². The summed E-state index contributed by atoms with van der Waals surface area (Å²) in [6, 6.07) is 3.94. The number of piperidine rings is 2. The molecule has 3 fully saturated rings. The van der Waals surface area contributed by atoms with Crippen LogP contribution in [-0.2, 0) is 23.9 Å². The summed E-state index contributed by atoms with van der Waals surface area (Å²) in [5.41, 5.74) is 0.370. The molecule has 1 saturated carbocycles. The van der Waals surface area contributed by atoms with Crippen LogP contribution in [0.1, 0.15) is 83.6 Å². The van der Waals surface area contributed by atoms with Crippen LogP contribution >= 0.6 is 0 Å². The zero-order valence-corrected chi connectivity index (χ0v) is 21.5. The first-order valence-corrected chi connectivity index (χ1v) is 13.2. The Morgan fingerprint density at radius 2 is 1.72 bits per heavy atom. The maximum Gasteiger partial charge on any atom is 0.309 e. The molecular weight excluding hydrogens is 460 g/mol. The Morgan fingerprint density at radius 3 is 2.36 bits per heavy atom. The van der Waals surface area contributed by atoms with Crippen molar-refractivity contribution in [3.8, 4) is 0 Å². The number of imide groups is 1. The van der Waals surface area contributed by atoms with Crippen molar-refractivity contribution in [1.29, 1.82) is 0 Å². The number of carbonyl (C=O) groups is 4. The van der Waals surface area contributed by atoms with E-state index in [1.807, 2.05) is 37.8 Å². The van der Waals surface area contributed by atoms with Crippen LogP contribution < -0.4 is 10.6 Å². The van der Waals surface area contributed by atoms with Crippen LogP contribution in [0.5, 0.6) is 0 Å². The number of pyridine rings is 1. The maximum absolute atomic E-state index is 13.1. The monoisotopic (exact) mass is 498 g/mol. The van der Waals surface area contributed by atoms with Gasteiger partial charge in [0.15, 0.2) is 0 Å². The average Bonchev–Trinajstić information content (AvgIpc) is 2.83. The SMILES string of the molecule is CC(C)(C)OC(=O)C1CCN(C(=O)C2CCC(Nc3cc(C4CCC(=O)NC4=O)ccn3)CC2)CC1. The minimum Gasteiger partial charge on any atom is -0.460 e. The predicted molar refractivity (Wildman–Crippen MR) is 134 cm³/mol. The average molecular weight is 499 g/mol. The standard InChI is InChI=1S/C27H38N4O5/c1-27(2,3)36-26(35)18-11-14-31(15-12-18)25(34)17-4-6-20(7-5-17)29-22-16-19(10-13-28-22)21-8-9-23(32)30-24(21)33/h10,13,16-18,20-21H,4-9,11-12,14-15H2,1-3H3,(H,28,29)(H,30,32,33). The van der Waals surface area contributed by atoms with Gasteiger partial charge in [0.25, 0.3) is 0 Å². The van der Waals surface area contributed by atoms with Gasteiger partial charge in [-0.3, -0.25) is 24.5 Å². The minimum atomic E-state index is -0.488. The second-order valence-corrected chi connectivity index (χ2v) is 11.3. The highest BCUT2D eigenvalue weighted by molar-refractivity contribution is 6.01. The molecule has 1 aliphatic carbocycles. The van der Waals surface area contributed by atoms with Crippen molar-refractivity contribution in [2.24, 2.45) is 11.8 Å². The number of ether oxygens (including phenoxy) is 1. The van der Waals surface area contributed by atoms with Gasteiger partial charge in [0.2, 0.25) is 17.7 Å². The Morgan fingerprint density at radius 1 is 1.03 bits per heavy atom. The topological polar surface area (TPSA) is 118 Å². The molecule has 9 heteroatoms. The number of aromatic nitrogens is 1. The van der Waals surface area contributed by atoms with Crippen molar-refractivity contribution in [3.63, 3.8) is 0 Å². The lowest BCUT2D eigenvalue weighted by atomic mass is 9.84. The number of anilines is 1. The summed E-state index contributed by atoms with van der Waals surface area (Å²) in [6.45, 7) is 6.84. The van der Waals surface area contributed by atoms with Gasteiger partial charge in [-0.1, -0.05) is 0 Å². The molecule has 1 unspecified atom stereocenters. The molecule has 0 spiro atoms. The normalized spacial score (nSPS) is 25.8. The number of likely N-dealkylation sites (tertiary alicyclic amines) is 1. The minimum absolute atomic E-state index is 0.0175. The molecule has 4 rings (SSSR count). The van der Waals surface area contributed by atoms with E-state index in [1.165, 1.54) is 0 Å². The first kappa shape index (κ1) is 26.1. The summed E-state index contributed by atoms with van der Waals surface area (Å²) in [5.74, 6) is -0.152. The highest BCUT2D eigenvalue weighted by Crippen LogP contribution is 2.31. The summed E-state index contributed by atoms with van der Waals surface area (Å²) in [7, 11) is 0. The summed E-state index contributed by atoms with van der Waals surface area (Å²) in [5, 5.41) is 5.88. The quantitative estimate of drug-likeness (QED) is 0.473. The number of carbonyl (C=O) groups excluding carboxylic acids is 4. The van der Waals surface area contributed by atoms with Gasteiger partial charge in [-0.25, -0.2) is 4.98 Å². The third-order valence-corrected chi connectivity index (χ3v) is 7.40. The third-order valence-electron chi connectivity index (χ3n) is 7.40. The van der Waals surface area contributed by atoms with Gasteiger partial charge in [0.1, 0.15) is 11.4 Å². The Kier molecular flexibility index (Phi) is 7.95. The summed E-state index contributed by atoms with van der Waals surface area (Å²) in [4.78, 5) is 55.4. The molecule has 9 nitrogen and oxygen atoms in total. The molecule has 3 heterocycles. The largest absolute Gasteiger partial charge is 0.460 e. The van der Waals surface area contributed by atoms with E-state index in [0.717, 1.165) is 37.1 Å². The van der Waals surface area contributed by atoms with Crippen LogP contribution in [0.2, 0.25) is 0 Å². The van der Waals surface area contributed by atoms with Crippen LogP contribution in [0.3, 0.4) is 0 Å². The second-order valence-electron chi connectivity index (χ2n) is 11.3. The van der Waals surface area contributed by atoms with E-state index >= 15 is 0 Å². The van der Waals surface area contributed by atoms with E-state index in [4.69, 9.17) is 4.74 Å². The number of rotatable bonds is 5. The molecule has 1 aromatic rings. The smallest absolute Gasteiger partial charge is 0.309 e. The first-order valence-electron chi connectivity index (χ1n) is 13.2. The number of esters is 1. The fourth-order valence-corrected chi connectivity index (χ4v) is 5.43. The number of nitrogens with one attached hydrogen (secondary N) is 2. The highest BCUT2D eigenvalue weighted by atomic mass is 16.6. The lowest BCUT2D eigenvalue weighted by Crippen LogP contribution is -2.45. The molecule has 1 aromatic heterocycles. The lowest BCUT2D eigenvalue weighted by Gasteiger charge is -2.36. The Hall–Kier alpha value is -2.97. The zero-order chi connectivity index (χ0) is 25.9. The van der Waals surface area contributed by atoms with E-state index in [9.17, 15) is 19.2 Å². The second kappa shape index (κ2) is 11.0. The van der Waals surface area contributed by atoms with Gasteiger partial charge >= 0.3 is 5.97 Å². The first-order chi connectivity index (χ1) is 17.1. The molecule has 36 heavy (non-hydrogen) atoms. The van der Waals surface area contributed by atoms with E-state index in [-0.39, 0.29) is 47.5 Å². The van der Waals surface area contributed by atoms with Crippen LogP contribution in [0, 0.1) is 11.8 Å². The van der Waals surface area contributed by atoms with Crippen molar-refractivity contribution in [3.05, 3.63) is 23.9 Å². The van der Waals surface area contributed by atoms with E-state index in [0.29, 0.717) is 38.8 Å². The van der Waals surface area contributed by atoms with Crippen LogP contribution in [0.4, 0.5) is 5.82 Å². The summed E-state index contributed by atoms with van der Waals surface area (Å²) >= 11 is 0. The van der Waals surface area contributed by atoms with E-state index < -0.39 is 5.60 Å². The van der Waals surface area contributed by atoms with Gasteiger partial charge in [0, 0.05) is 37.7 Å². The molecule has 196 valence electrons. The Balaban J connectivity index is 1.23. The molecule has 1 atom stereocenters. The number of nitrogens with zero attached hydrogens (tertiary/aromatic N) is 2. The molecule has 0 radical (unpaired) electrons. The van der Waals surface area contributed by atoms with Crippen molar-refractivity contribution in [2.75, 3.05) is 18.4 Å². The fourth-order valence-electron chi connectivity index (χ4n) is 5.43. The van der Waals surface area contributed by atoms with Gasteiger partial charge < -0.3 is 15.0 Å². The van der Waals surface area contributed by atoms with Crippen LogP contribution in [0.25, 0.3) is 0 Å². The molecule has 0 bridgehead atoms.